The number of carboxylic acids is 1. The number of unbranched alkanes of at least 4 members (excludes halogenated alkanes) is 13. The van der Waals surface area contributed by atoms with Crippen LogP contribution in [0.3, 0.4) is 0 Å². The van der Waals surface area contributed by atoms with E-state index in [9.17, 15) is 28.8 Å². The van der Waals surface area contributed by atoms with Gasteiger partial charge in [-0.3, -0.25) is 28.8 Å². The van der Waals surface area contributed by atoms with Crippen molar-refractivity contribution >= 4 is 35.3 Å². The number of hydrogen-bond donors (Lipinski definition) is 3. The standard InChI is InChI=1S/C65H118N2O20/c1-6-8-10-11-12-13-14-15-16-17-18-19-20-24-58(68)56-57(64(74)87-65(3,4)5)28-29-61(70)66-31-22-21-25-59(67-62(71)27-9-7-2)60(69)26-23-32-75-34-36-77-38-40-79-42-44-81-46-48-83-50-52-85-54-55-86-53-51-84-49-47-82-45-43-80-41-39-78-37-35-76-33-30-63(72)73/h2,57,59H,6,8-56H2,1,3-5H3,(H,66,70)(H,67,71)(H,72,73)/t57-,59+/m1/s1. The normalized spacial score (nSPS) is 12.2. The summed E-state index contributed by atoms with van der Waals surface area (Å²) >= 11 is 0. The molecule has 22 nitrogen and oxygen atoms in total. The van der Waals surface area contributed by atoms with Crippen molar-refractivity contribution in [2.24, 2.45) is 5.92 Å². The molecule has 0 aliphatic carbocycles. The van der Waals surface area contributed by atoms with Crippen LogP contribution in [-0.4, -0.2) is 217 Å². The zero-order valence-corrected chi connectivity index (χ0v) is 54.3. The van der Waals surface area contributed by atoms with Crippen molar-refractivity contribution in [2.75, 3.05) is 165 Å². The number of carbonyl (C=O) groups excluding carboxylic acids is 5. The molecule has 87 heavy (non-hydrogen) atoms. The molecule has 2 atom stereocenters. The van der Waals surface area contributed by atoms with Crippen LogP contribution in [0.5, 0.6) is 0 Å². The predicted molar refractivity (Wildman–Crippen MR) is 332 cm³/mol. The van der Waals surface area contributed by atoms with Crippen LogP contribution in [0, 0.1) is 18.3 Å². The van der Waals surface area contributed by atoms with Crippen LogP contribution in [-0.2, 0) is 90.3 Å². The van der Waals surface area contributed by atoms with Crippen molar-refractivity contribution in [3.8, 4) is 12.3 Å². The van der Waals surface area contributed by atoms with Gasteiger partial charge in [0.15, 0.2) is 5.78 Å². The van der Waals surface area contributed by atoms with Gasteiger partial charge in [0.25, 0.3) is 0 Å². The van der Waals surface area contributed by atoms with E-state index < -0.39 is 29.5 Å². The van der Waals surface area contributed by atoms with Gasteiger partial charge in [-0.05, 0) is 59.3 Å². The van der Waals surface area contributed by atoms with Gasteiger partial charge in [0, 0.05) is 51.7 Å². The fraction of sp³-hybridized carbons (Fsp3) is 0.877. The molecule has 0 heterocycles. The summed E-state index contributed by atoms with van der Waals surface area (Å²) in [6, 6.07) is -0.683. The fourth-order valence-electron chi connectivity index (χ4n) is 8.47. The Labute approximate surface area is 522 Å². The fourth-order valence-corrected chi connectivity index (χ4v) is 8.47. The molecule has 0 aromatic carbocycles. The van der Waals surface area contributed by atoms with Crippen molar-refractivity contribution in [1.82, 2.24) is 10.6 Å². The molecular weight excluding hydrogens is 1130 g/mol. The summed E-state index contributed by atoms with van der Waals surface area (Å²) < 4.78 is 71.3. The zero-order valence-electron chi connectivity index (χ0n) is 54.3. The third-order valence-corrected chi connectivity index (χ3v) is 13.2. The minimum absolute atomic E-state index is 0.0172. The second kappa shape index (κ2) is 63.9. The number of ether oxygens (including phenoxy) is 13. The second-order valence-electron chi connectivity index (χ2n) is 22.2. The predicted octanol–water partition coefficient (Wildman–Crippen LogP) is 8.37. The third kappa shape index (κ3) is 63.7. The van der Waals surface area contributed by atoms with E-state index in [0.717, 1.165) is 19.3 Å². The highest BCUT2D eigenvalue weighted by molar-refractivity contribution is 5.89. The van der Waals surface area contributed by atoms with Gasteiger partial charge in [0.2, 0.25) is 11.8 Å². The Bertz CT molecular complexity index is 1680. The lowest BCUT2D eigenvalue weighted by Gasteiger charge is -2.23. The second-order valence-corrected chi connectivity index (χ2v) is 22.2. The van der Waals surface area contributed by atoms with Gasteiger partial charge < -0.3 is 77.3 Å². The molecule has 2 amide bonds. The van der Waals surface area contributed by atoms with Gasteiger partial charge in [-0.2, -0.15) is 0 Å². The molecule has 0 radical (unpaired) electrons. The Morgan fingerprint density at radius 3 is 1.21 bits per heavy atom. The van der Waals surface area contributed by atoms with E-state index in [0.29, 0.717) is 191 Å². The average Bonchev–Trinajstić information content (AvgIpc) is 3.64. The molecule has 0 spiro atoms. The highest BCUT2D eigenvalue weighted by Crippen LogP contribution is 2.21. The number of rotatable bonds is 69. The smallest absolute Gasteiger partial charge is 0.309 e. The van der Waals surface area contributed by atoms with Gasteiger partial charge in [0.1, 0.15) is 11.4 Å². The van der Waals surface area contributed by atoms with Gasteiger partial charge >= 0.3 is 11.9 Å². The number of carbonyl (C=O) groups is 6. The quantitative estimate of drug-likeness (QED) is 0.0293. The molecule has 0 saturated carbocycles. The van der Waals surface area contributed by atoms with E-state index >= 15 is 0 Å². The Kier molecular flexibility index (Phi) is 61.1. The SMILES string of the molecule is C#CCCC(=O)N[C@@H](CCCCNC(=O)CC[C@H](CC(=O)CCCCCCCCCCCCCCC)C(=O)OC(C)(C)C)C(=O)CCCOCCOCCOCCOCCOCCOCCOCCOCCOCCOCCOCCOCCC(=O)O. The summed E-state index contributed by atoms with van der Waals surface area (Å²) in [6.45, 7) is 17.9. The molecule has 3 N–H and O–H groups in total. The van der Waals surface area contributed by atoms with Crippen LogP contribution < -0.4 is 10.6 Å². The first-order valence-electron chi connectivity index (χ1n) is 32.7. The maximum absolute atomic E-state index is 13.2. The van der Waals surface area contributed by atoms with Gasteiger partial charge in [0.05, 0.1) is 170 Å². The summed E-state index contributed by atoms with van der Waals surface area (Å²) in [5.74, 6) is -0.160. The molecule has 0 unspecified atom stereocenters. The van der Waals surface area contributed by atoms with Crippen LogP contribution in [0.2, 0.25) is 0 Å². The van der Waals surface area contributed by atoms with Crippen molar-refractivity contribution in [3.63, 3.8) is 0 Å². The summed E-state index contributed by atoms with van der Waals surface area (Å²) in [6.07, 6.45) is 24.7. The molecule has 0 rings (SSSR count). The first-order chi connectivity index (χ1) is 42.3. The molecule has 0 aromatic heterocycles. The van der Waals surface area contributed by atoms with Gasteiger partial charge in [-0.1, -0.05) is 84.0 Å². The zero-order chi connectivity index (χ0) is 63.8. The summed E-state index contributed by atoms with van der Waals surface area (Å²) in [4.78, 5) is 75.2. The lowest BCUT2D eigenvalue weighted by molar-refractivity contribution is -0.161. The molecule has 0 aliphatic rings. The molecule has 0 saturated heterocycles. The Morgan fingerprint density at radius 2 is 0.816 bits per heavy atom. The maximum Gasteiger partial charge on any atom is 0.309 e. The molecule has 0 aromatic rings. The molecule has 0 aliphatic heterocycles. The molecule has 22 heteroatoms. The number of esters is 1. The van der Waals surface area contributed by atoms with Crippen LogP contribution in [0.15, 0.2) is 0 Å². The highest BCUT2D eigenvalue weighted by Gasteiger charge is 2.28. The van der Waals surface area contributed by atoms with Gasteiger partial charge in [-0.25, -0.2) is 0 Å². The summed E-state index contributed by atoms with van der Waals surface area (Å²) in [5, 5.41) is 14.3. The highest BCUT2D eigenvalue weighted by atomic mass is 16.6. The Hall–Kier alpha value is -3.70. The third-order valence-electron chi connectivity index (χ3n) is 13.2. The van der Waals surface area contributed by atoms with E-state index in [1.165, 1.54) is 64.2 Å². The largest absolute Gasteiger partial charge is 0.481 e. The molecular formula is C65H118N2O20. The first-order valence-corrected chi connectivity index (χ1v) is 32.7. The number of ketones is 2. The summed E-state index contributed by atoms with van der Waals surface area (Å²) in [5.41, 5.74) is -0.713. The maximum atomic E-state index is 13.2. The summed E-state index contributed by atoms with van der Waals surface area (Å²) in [7, 11) is 0. The van der Waals surface area contributed by atoms with Gasteiger partial charge in [-0.15, -0.1) is 12.3 Å². The van der Waals surface area contributed by atoms with Crippen LogP contribution >= 0.6 is 0 Å². The molecule has 508 valence electrons. The number of Topliss-reactive ketones (excluding diaryl/α,β-unsaturated/α-hetero) is 2. The van der Waals surface area contributed by atoms with Crippen molar-refractivity contribution in [1.29, 1.82) is 0 Å². The molecule has 0 fully saturated rings. The minimum Gasteiger partial charge on any atom is -0.481 e. The van der Waals surface area contributed by atoms with E-state index in [1.54, 1.807) is 20.8 Å². The topological polar surface area (TPSA) is 267 Å². The van der Waals surface area contributed by atoms with Crippen LogP contribution in [0.25, 0.3) is 0 Å². The number of amides is 2. The monoisotopic (exact) mass is 1250 g/mol. The number of aliphatic carboxylic acids is 1. The average molecular weight is 1250 g/mol. The van der Waals surface area contributed by atoms with E-state index in [4.69, 9.17) is 73.1 Å². The number of nitrogens with one attached hydrogen (secondary N) is 2. The lowest BCUT2D eigenvalue weighted by atomic mass is 9.94. The van der Waals surface area contributed by atoms with Crippen molar-refractivity contribution < 1.29 is 95.5 Å². The van der Waals surface area contributed by atoms with Crippen molar-refractivity contribution in [2.45, 2.75) is 200 Å². The van der Waals surface area contributed by atoms with E-state index in [1.807, 2.05) is 0 Å². The number of hydrogen-bond acceptors (Lipinski definition) is 19. The Morgan fingerprint density at radius 1 is 0.425 bits per heavy atom. The van der Waals surface area contributed by atoms with E-state index in [-0.39, 0.29) is 74.9 Å². The number of terminal acetylenes is 1. The Balaban J connectivity index is 4.00. The first kappa shape index (κ1) is 83.3. The van der Waals surface area contributed by atoms with Crippen molar-refractivity contribution in [3.05, 3.63) is 0 Å². The van der Waals surface area contributed by atoms with Crippen LogP contribution in [0.1, 0.15) is 188 Å². The number of carboxylic acid groups (broad SMARTS) is 1. The van der Waals surface area contributed by atoms with Crippen LogP contribution in [0.4, 0.5) is 0 Å². The lowest BCUT2D eigenvalue weighted by Crippen LogP contribution is -2.41. The van der Waals surface area contributed by atoms with E-state index in [2.05, 4.69) is 23.5 Å². The molecule has 0 bridgehead atoms. The minimum atomic E-state index is -0.886.